The number of allylic oxidation sites excluding steroid dienone is 1. The maximum atomic E-state index is 11.8. The highest BCUT2D eigenvalue weighted by molar-refractivity contribution is 5.76. The zero-order chi connectivity index (χ0) is 14.1. The lowest BCUT2D eigenvalue weighted by atomic mass is 10.1. The first-order chi connectivity index (χ1) is 9.11. The number of nitrogens with zero attached hydrogens (tertiary/aromatic N) is 1. The van der Waals surface area contributed by atoms with Crippen molar-refractivity contribution in [2.24, 2.45) is 11.6 Å². The van der Waals surface area contributed by atoms with Gasteiger partial charge in [0.15, 0.2) is 0 Å². The molecule has 0 radical (unpaired) electrons. The minimum Gasteiger partial charge on any atom is -0.401 e. The number of amides is 1. The lowest BCUT2D eigenvalue weighted by Gasteiger charge is -2.16. The summed E-state index contributed by atoms with van der Waals surface area (Å²) in [5, 5.41) is 3.12. The van der Waals surface area contributed by atoms with Crippen LogP contribution in [0.2, 0.25) is 0 Å². The average molecular weight is 269 g/mol. The van der Waals surface area contributed by atoms with Crippen molar-refractivity contribution in [2.45, 2.75) is 44.6 Å². The van der Waals surface area contributed by atoms with E-state index in [9.17, 15) is 4.79 Å². The first-order valence-corrected chi connectivity index (χ1v) is 7.00. The molecule has 1 atom stereocenters. The van der Waals surface area contributed by atoms with Crippen LogP contribution in [0.3, 0.4) is 0 Å². The summed E-state index contributed by atoms with van der Waals surface area (Å²) < 4.78 is 0. The summed E-state index contributed by atoms with van der Waals surface area (Å²) in [6, 6.07) is 0.330. The molecule has 6 nitrogen and oxygen atoms in total. The molecule has 1 fully saturated rings. The van der Waals surface area contributed by atoms with Crippen LogP contribution in [0.25, 0.3) is 0 Å². The number of nitrogens with one attached hydrogen (secondary N) is 2. The van der Waals surface area contributed by atoms with Crippen LogP contribution >= 0.6 is 0 Å². The van der Waals surface area contributed by atoms with Crippen LogP contribution in [0, 0.1) is 0 Å². The normalized spacial score (nSPS) is 21.8. The predicted octanol–water partition coefficient (Wildman–Crippen LogP) is 0.0206. The van der Waals surface area contributed by atoms with Crippen molar-refractivity contribution in [2.75, 3.05) is 20.1 Å². The minimum atomic E-state index is 0.128. The maximum absolute atomic E-state index is 11.8. The van der Waals surface area contributed by atoms with Crippen molar-refractivity contribution in [3.8, 4) is 0 Å². The Morgan fingerprint density at radius 1 is 1.37 bits per heavy atom. The van der Waals surface area contributed by atoms with Crippen molar-refractivity contribution in [3.05, 3.63) is 11.9 Å². The molecule has 0 saturated carbocycles. The average Bonchev–Trinajstić information content (AvgIpc) is 2.55. The molecule has 6 N–H and O–H groups in total. The van der Waals surface area contributed by atoms with Gasteiger partial charge in [0.25, 0.3) is 0 Å². The molecule has 19 heavy (non-hydrogen) atoms. The van der Waals surface area contributed by atoms with Crippen LogP contribution in [0.15, 0.2) is 11.9 Å². The van der Waals surface area contributed by atoms with Gasteiger partial charge >= 0.3 is 0 Å². The fourth-order valence-electron chi connectivity index (χ4n) is 2.32. The van der Waals surface area contributed by atoms with Crippen molar-refractivity contribution < 1.29 is 4.79 Å². The summed E-state index contributed by atoms with van der Waals surface area (Å²) in [5.41, 5.74) is 8.73. The topological polar surface area (TPSA) is 96.4 Å². The minimum absolute atomic E-state index is 0.128. The van der Waals surface area contributed by atoms with Crippen LogP contribution in [-0.2, 0) is 4.79 Å². The third-order valence-corrected chi connectivity index (χ3v) is 3.45. The van der Waals surface area contributed by atoms with Gasteiger partial charge in [-0.05, 0) is 52.2 Å². The van der Waals surface area contributed by atoms with Crippen molar-refractivity contribution >= 4 is 5.91 Å². The van der Waals surface area contributed by atoms with Gasteiger partial charge in [-0.2, -0.15) is 0 Å². The molecular formula is C13H27N5O. The summed E-state index contributed by atoms with van der Waals surface area (Å²) in [5.74, 6) is 5.25. The summed E-state index contributed by atoms with van der Waals surface area (Å²) in [6.07, 6.45) is 6.79. The molecular weight excluding hydrogens is 242 g/mol. The van der Waals surface area contributed by atoms with E-state index in [0.29, 0.717) is 24.6 Å². The first-order valence-electron chi connectivity index (χ1n) is 7.00. The third-order valence-electron chi connectivity index (χ3n) is 3.45. The Labute approximate surface area is 115 Å². The number of likely N-dealkylation sites (tertiary alicyclic amines) is 1. The van der Waals surface area contributed by atoms with E-state index in [4.69, 9.17) is 11.6 Å². The summed E-state index contributed by atoms with van der Waals surface area (Å²) in [7, 11) is 2.13. The van der Waals surface area contributed by atoms with Crippen LogP contribution in [0.4, 0.5) is 0 Å². The lowest BCUT2D eigenvalue weighted by molar-refractivity contribution is -0.121. The zero-order valence-electron chi connectivity index (χ0n) is 11.8. The predicted molar refractivity (Wildman–Crippen MR) is 76.7 cm³/mol. The van der Waals surface area contributed by atoms with Crippen molar-refractivity contribution in [1.29, 1.82) is 0 Å². The van der Waals surface area contributed by atoms with E-state index in [1.165, 1.54) is 0 Å². The highest BCUT2D eigenvalue weighted by Crippen LogP contribution is 2.10. The van der Waals surface area contributed by atoms with E-state index >= 15 is 0 Å². The van der Waals surface area contributed by atoms with E-state index in [0.717, 1.165) is 38.8 Å². The first kappa shape index (κ1) is 15.8. The molecule has 1 saturated heterocycles. The smallest absolute Gasteiger partial charge is 0.220 e. The molecule has 110 valence electrons. The number of nitrogens with two attached hydrogens (primary N) is 2. The van der Waals surface area contributed by atoms with Gasteiger partial charge in [0.1, 0.15) is 0 Å². The number of hydrazine groups is 1. The Morgan fingerprint density at radius 3 is 2.89 bits per heavy atom. The molecule has 6 heteroatoms. The van der Waals surface area contributed by atoms with Gasteiger partial charge in [-0.15, -0.1) is 0 Å². The highest BCUT2D eigenvalue weighted by Gasteiger charge is 2.16. The second kappa shape index (κ2) is 8.77. The fourth-order valence-corrected chi connectivity index (χ4v) is 2.32. The number of hydrogen-bond donors (Lipinski definition) is 4. The van der Waals surface area contributed by atoms with Crippen LogP contribution < -0.4 is 22.3 Å². The number of carbonyl (C=O) groups is 1. The van der Waals surface area contributed by atoms with Crippen molar-refractivity contribution in [3.63, 3.8) is 0 Å². The molecule has 0 bridgehead atoms. The Kier molecular flexibility index (Phi) is 7.28. The van der Waals surface area contributed by atoms with Gasteiger partial charge in [0.2, 0.25) is 5.91 Å². The second-order valence-corrected chi connectivity index (χ2v) is 5.24. The summed E-state index contributed by atoms with van der Waals surface area (Å²) >= 11 is 0. The number of rotatable bonds is 6. The maximum Gasteiger partial charge on any atom is 0.220 e. The molecule has 1 aliphatic heterocycles. The van der Waals surface area contributed by atoms with Gasteiger partial charge in [-0.3, -0.25) is 10.6 Å². The van der Waals surface area contributed by atoms with E-state index in [-0.39, 0.29) is 5.91 Å². The molecule has 0 aromatic heterocycles. The number of carbonyl (C=O) groups excluding carboxylic acids is 1. The molecule has 0 aromatic rings. The van der Waals surface area contributed by atoms with Crippen LogP contribution in [0.1, 0.15) is 38.5 Å². The lowest BCUT2D eigenvalue weighted by Crippen LogP contribution is -2.35. The Balaban J connectivity index is 2.18. The SMILES string of the molecule is CN1CCCC(NC(=O)CCC/C(N)=C/NN)CC1. The molecule has 1 heterocycles. The summed E-state index contributed by atoms with van der Waals surface area (Å²) in [4.78, 5) is 14.1. The second-order valence-electron chi connectivity index (χ2n) is 5.24. The van der Waals surface area contributed by atoms with Crippen LogP contribution in [0.5, 0.6) is 0 Å². The monoisotopic (exact) mass is 269 g/mol. The van der Waals surface area contributed by atoms with Crippen molar-refractivity contribution in [1.82, 2.24) is 15.6 Å². The van der Waals surface area contributed by atoms with Gasteiger partial charge in [0.05, 0.1) is 0 Å². The van der Waals surface area contributed by atoms with E-state index < -0.39 is 0 Å². The highest BCUT2D eigenvalue weighted by atomic mass is 16.1. The Hall–Kier alpha value is -1.27. The molecule has 0 aliphatic carbocycles. The molecule has 1 unspecified atom stereocenters. The van der Waals surface area contributed by atoms with Crippen LogP contribution in [-0.4, -0.2) is 37.0 Å². The number of hydrogen-bond acceptors (Lipinski definition) is 5. The van der Waals surface area contributed by atoms with Gasteiger partial charge < -0.3 is 21.4 Å². The van der Waals surface area contributed by atoms with E-state index in [1.807, 2.05) is 0 Å². The summed E-state index contributed by atoms with van der Waals surface area (Å²) in [6.45, 7) is 2.18. The molecule has 0 aromatic carbocycles. The van der Waals surface area contributed by atoms with Gasteiger partial charge in [0, 0.05) is 24.4 Å². The standard InChI is InChI=1S/C13H27N5O/c1-18-8-3-5-12(7-9-18)17-13(19)6-2-4-11(14)10-16-15/h10,12,16H,2-9,14-15H2,1H3,(H,17,19)/b11-10-. The molecule has 0 spiro atoms. The third kappa shape index (κ3) is 7.03. The Morgan fingerprint density at radius 2 is 2.16 bits per heavy atom. The largest absolute Gasteiger partial charge is 0.401 e. The fraction of sp³-hybridized carbons (Fsp3) is 0.769. The zero-order valence-corrected chi connectivity index (χ0v) is 11.8. The van der Waals surface area contributed by atoms with Gasteiger partial charge in [-0.1, -0.05) is 0 Å². The molecule has 1 aliphatic rings. The molecule has 1 amide bonds. The van der Waals surface area contributed by atoms with Gasteiger partial charge in [-0.25, -0.2) is 0 Å². The molecule has 1 rings (SSSR count). The van der Waals surface area contributed by atoms with E-state index in [1.54, 1.807) is 6.20 Å². The van der Waals surface area contributed by atoms with E-state index in [2.05, 4.69) is 22.7 Å². The Bertz CT molecular complexity index is 305. The quantitative estimate of drug-likeness (QED) is 0.403.